The van der Waals surface area contributed by atoms with Crippen LogP contribution in [0.15, 0.2) is 54.6 Å². The first-order chi connectivity index (χ1) is 12.8. The summed E-state index contributed by atoms with van der Waals surface area (Å²) in [4.78, 5) is 25.7. The number of nitrogens with two attached hydrogens (primary N) is 2. The fourth-order valence-corrected chi connectivity index (χ4v) is 2.85. The molecule has 0 radical (unpaired) electrons. The Balaban J connectivity index is 1.72. The Labute approximate surface area is 157 Å². The van der Waals surface area contributed by atoms with Crippen molar-refractivity contribution >= 4 is 45.2 Å². The van der Waals surface area contributed by atoms with Crippen molar-refractivity contribution in [3.8, 4) is 0 Å². The number of hydrogen-bond donors (Lipinski definition) is 3. The van der Waals surface area contributed by atoms with Crippen molar-refractivity contribution in [2.75, 3.05) is 35.3 Å². The van der Waals surface area contributed by atoms with Crippen LogP contribution in [0.2, 0.25) is 0 Å². The lowest BCUT2D eigenvalue weighted by atomic mass is 10.0. The monoisotopic (exact) mass is 362 g/mol. The first-order valence-corrected chi connectivity index (χ1v) is 8.54. The van der Waals surface area contributed by atoms with Gasteiger partial charge >= 0.3 is 0 Å². The zero-order valence-electron chi connectivity index (χ0n) is 15.3. The second-order valence-electron chi connectivity index (χ2n) is 6.55. The van der Waals surface area contributed by atoms with Gasteiger partial charge < -0.3 is 21.7 Å². The van der Waals surface area contributed by atoms with Gasteiger partial charge in [-0.25, -0.2) is 0 Å². The summed E-state index contributed by atoms with van der Waals surface area (Å²) < 4.78 is 0. The molecule has 3 aromatic rings. The number of ketones is 1. The van der Waals surface area contributed by atoms with Gasteiger partial charge in [-0.2, -0.15) is 0 Å². The number of benzene rings is 3. The van der Waals surface area contributed by atoms with Gasteiger partial charge in [0.1, 0.15) is 0 Å². The van der Waals surface area contributed by atoms with Crippen LogP contribution in [-0.4, -0.2) is 25.3 Å². The zero-order valence-corrected chi connectivity index (χ0v) is 15.3. The van der Waals surface area contributed by atoms with Crippen molar-refractivity contribution in [1.29, 1.82) is 0 Å². The number of likely N-dealkylation sites (N-methyl/N-ethyl adjacent to an activating group) is 1. The van der Waals surface area contributed by atoms with E-state index in [1.807, 2.05) is 48.3 Å². The zero-order chi connectivity index (χ0) is 19.6. The number of hydrogen-bond acceptors (Lipinski definition) is 5. The van der Waals surface area contributed by atoms with E-state index in [1.165, 1.54) is 0 Å². The number of nitrogens with zero attached hydrogens (tertiary/aromatic N) is 1. The van der Waals surface area contributed by atoms with Gasteiger partial charge in [0, 0.05) is 24.0 Å². The van der Waals surface area contributed by atoms with Crippen molar-refractivity contribution in [2.24, 2.45) is 0 Å². The van der Waals surface area contributed by atoms with Gasteiger partial charge in [0.2, 0.25) is 5.91 Å². The van der Waals surface area contributed by atoms with Crippen molar-refractivity contribution < 1.29 is 9.59 Å². The molecule has 0 bridgehead atoms. The number of amides is 1. The van der Waals surface area contributed by atoms with Gasteiger partial charge in [0.25, 0.3) is 0 Å². The average molecular weight is 362 g/mol. The van der Waals surface area contributed by atoms with Crippen LogP contribution in [-0.2, 0) is 4.79 Å². The molecule has 0 spiro atoms. The number of anilines is 4. The molecule has 0 fully saturated rings. The summed E-state index contributed by atoms with van der Waals surface area (Å²) in [7, 11) is 1.85. The Morgan fingerprint density at radius 1 is 0.926 bits per heavy atom. The highest BCUT2D eigenvalue weighted by Crippen LogP contribution is 2.23. The highest BCUT2D eigenvalue weighted by molar-refractivity contribution is 5.99. The molecule has 5 N–H and O–H groups in total. The predicted molar refractivity (Wildman–Crippen MR) is 111 cm³/mol. The van der Waals surface area contributed by atoms with Crippen molar-refractivity contribution in [1.82, 2.24) is 0 Å². The van der Waals surface area contributed by atoms with Crippen molar-refractivity contribution in [2.45, 2.75) is 6.92 Å². The van der Waals surface area contributed by atoms with Crippen LogP contribution in [0.1, 0.15) is 17.3 Å². The standard InChI is InChI=1S/C21H22N4O2/c1-13(26)14-3-4-16-10-18(7-5-15(16)9-14)25(2)12-21(27)24-17-6-8-19(22)20(23)11-17/h3-11H,12,22-23H2,1-2H3,(H,24,27). The molecule has 0 saturated heterocycles. The number of Topliss-reactive ketones (excluding diaryl/α,β-unsaturated/α-hetero) is 1. The second-order valence-corrected chi connectivity index (χ2v) is 6.55. The minimum atomic E-state index is -0.159. The lowest BCUT2D eigenvalue weighted by molar-refractivity contribution is -0.114. The van der Waals surface area contributed by atoms with Crippen LogP contribution in [0.4, 0.5) is 22.7 Å². The Bertz CT molecular complexity index is 1030. The van der Waals surface area contributed by atoms with Crippen LogP contribution >= 0.6 is 0 Å². The maximum Gasteiger partial charge on any atom is 0.243 e. The van der Waals surface area contributed by atoms with Crippen LogP contribution in [0.3, 0.4) is 0 Å². The quantitative estimate of drug-likeness (QED) is 0.477. The van der Waals surface area contributed by atoms with Crippen molar-refractivity contribution in [3.63, 3.8) is 0 Å². The van der Waals surface area contributed by atoms with Gasteiger partial charge in [-0.3, -0.25) is 9.59 Å². The maximum absolute atomic E-state index is 12.3. The van der Waals surface area contributed by atoms with Gasteiger partial charge in [-0.1, -0.05) is 18.2 Å². The molecule has 0 aromatic heterocycles. The Kier molecular flexibility index (Phi) is 4.98. The highest BCUT2D eigenvalue weighted by Gasteiger charge is 2.10. The van der Waals surface area contributed by atoms with Crippen LogP contribution in [0.25, 0.3) is 10.8 Å². The van der Waals surface area contributed by atoms with E-state index in [0.717, 1.165) is 16.5 Å². The molecule has 3 rings (SSSR count). The molecule has 0 saturated carbocycles. The number of nitrogen functional groups attached to an aromatic ring is 2. The number of carbonyl (C=O) groups excluding carboxylic acids is 2. The molecule has 27 heavy (non-hydrogen) atoms. The Hall–Kier alpha value is -3.54. The summed E-state index contributed by atoms with van der Waals surface area (Å²) in [6.07, 6.45) is 0. The van der Waals surface area contributed by atoms with Gasteiger partial charge in [-0.05, 0) is 54.1 Å². The first kappa shape index (κ1) is 18.3. The third-order valence-corrected chi connectivity index (χ3v) is 4.42. The Morgan fingerprint density at radius 2 is 1.63 bits per heavy atom. The minimum Gasteiger partial charge on any atom is -0.397 e. The smallest absolute Gasteiger partial charge is 0.243 e. The molecule has 0 aliphatic carbocycles. The highest BCUT2D eigenvalue weighted by atomic mass is 16.2. The van der Waals surface area contributed by atoms with Crippen LogP contribution < -0.4 is 21.7 Å². The third kappa shape index (κ3) is 4.17. The van der Waals surface area contributed by atoms with E-state index in [-0.39, 0.29) is 18.2 Å². The van der Waals surface area contributed by atoms with E-state index in [9.17, 15) is 9.59 Å². The van der Waals surface area contributed by atoms with Crippen LogP contribution in [0.5, 0.6) is 0 Å². The molecule has 6 nitrogen and oxygen atoms in total. The number of rotatable bonds is 5. The van der Waals surface area contributed by atoms with Gasteiger partial charge in [0.05, 0.1) is 17.9 Å². The van der Waals surface area contributed by atoms with Gasteiger partial charge in [-0.15, -0.1) is 0 Å². The molecule has 0 heterocycles. The summed E-state index contributed by atoms with van der Waals surface area (Å²) in [6.45, 7) is 1.73. The van der Waals surface area contributed by atoms with Gasteiger partial charge in [0.15, 0.2) is 5.78 Å². The third-order valence-electron chi connectivity index (χ3n) is 4.42. The predicted octanol–water partition coefficient (Wildman–Crippen LogP) is 3.28. The lowest BCUT2D eigenvalue weighted by Crippen LogP contribution is -2.30. The molecule has 0 aliphatic rings. The summed E-state index contributed by atoms with van der Waals surface area (Å²) >= 11 is 0. The maximum atomic E-state index is 12.3. The van der Waals surface area contributed by atoms with E-state index in [4.69, 9.17) is 11.5 Å². The summed E-state index contributed by atoms with van der Waals surface area (Å²) in [5, 5.41) is 4.81. The minimum absolute atomic E-state index is 0.0399. The Morgan fingerprint density at radius 3 is 2.33 bits per heavy atom. The topological polar surface area (TPSA) is 101 Å². The summed E-state index contributed by atoms with van der Waals surface area (Å²) in [5.41, 5.74) is 14.6. The number of nitrogens with one attached hydrogen (secondary N) is 1. The van der Waals surface area contributed by atoms with E-state index >= 15 is 0 Å². The van der Waals surface area contributed by atoms with E-state index in [1.54, 1.807) is 25.1 Å². The van der Waals surface area contributed by atoms with Crippen LogP contribution in [0, 0.1) is 0 Å². The largest absolute Gasteiger partial charge is 0.397 e. The van der Waals surface area contributed by atoms with E-state index in [0.29, 0.717) is 22.6 Å². The van der Waals surface area contributed by atoms with E-state index in [2.05, 4.69) is 5.32 Å². The molecule has 0 atom stereocenters. The molecule has 0 unspecified atom stereocenters. The SMILES string of the molecule is CC(=O)c1ccc2cc(N(C)CC(=O)Nc3ccc(N)c(N)c3)ccc2c1. The van der Waals surface area contributed by atoms with Crippen molar-refractivity contribution in [3.05, 3.63) is 60.2 Å². The molecule has 0 aliphatic heterocycles. The van der Waals surface area contributed by atoms with E-state index < -0.39 is 0 Å². The summed E-state index contributed by atoms with van der Waals surface area (Å²) in [6, 6.07) is 16.5. The fourth-order valence-electron chi connectivity index (χ4n) is 2.85. The first-order valence-electron chi connectivity index (χ1n) is 8.54. The lowest BCUT2D eigenvalue weighted by Gasteiger charge is -2.19. The second kappa shape index (κ2) is 7.37. The molecular weight excluding hydrogens is 340 g/mol. The molecule has 1 amide bonds. The summed E-state index contributed by atoms with van der Waals surface area (Å²) in [5.74, 6) is -0.119. The normalized spacial score (nSPS) is 10.6. The number of fused-ring (bicyclic) bond motifs is 1. The molecular formula is C21H22N4O2. The molecule has 138 valence electrons. The number of carbonyl (C=O) groups is 2. The molecule has 6 heteroatoms. The average Bonchev–Trinajstić information content (AvgIpc) is 2.63. The fraction of sp³-hybridized carbons (Fsp3) is 0.143. The molecule has 3 aromatic carbocycles.